The number of piperidine rings is 1. The minimum Gasteiger partial charge on any atom is -0.329 e. The molecule has 2 fully saturated rings. The molecule has 0 N–H and O–H groups in total. The van der Waals surface area contributed by atoms with Crippen molar-refractivity contribution < 1.29 is 14.4 Å². The fraction of sp³-hybridized carbons (Fsp3) is 0.636. The van der Waals surface area contributed by atoms with Crippen LogP contribution >= 0.6 is 0 Å². The predicted octanol–water partition coefficient (Wildman–Crippen LogP) is -0.494. The van der Waals surface area contributed by atoms with Gasteiger partial charge in [0.05, 0.1) is 12.0 Å². The molecule has 2 heterocycles. The van der Waals surface area contributed by atoms with E-state index in [-0.39, 0.29) is 36.5 Å². The lowest BCUT2D eigenvalue weighted by Gasteiger charge is -2.33. The quantitative estimate of drug-likeness (QED) is 0.574. The van der Waals surface area contributed by atoms with Crippen LogP contribution in [0.5, 0.6) is 0 Å². The van der Waals surface area contributed by atoms with Gasteiger partial charge in [0.1, 0.15) is 6.04 Å². The lowest BCUT2D eigenvalue weighted by molar-refractivity contribution is -0.154. The van der Waals surface area contributed by atoms with Crippen molar-refractivity contribution in [2.45, 2.75) is 25.3 Å². The van der Waals surface area contributed by atoms with Gasteiger partial charge in [-0.3, -0.25) is 19.3 Å². The average Bonchev–Trinajstić information content (AvgIpc) is 2.68. The first-order valence-corrected chi connectivity index (χ1v) is 5.54. The molecule has 2 aliphatic heterocycles. The van der Waals surface area contributed by atoms with Gasteiger partial charge in [0.25, 0.3) is 5.91 Å². The van der Waals surface area contributed by atoms with E-state index in [1.54, 1.807) is 0 Å². The van der Waals surface area contributed by atoms with E-state index < -0.39 is 6.04 Å². The molecular formula is C11H13N3O3. The summed E-state index contributed by atoms with van der Waals surface area (Å²) in [5.41, 5.74) is 0. The molecule has 0 spiro atoms. The molecule has 6 nitrogen and oxygen atoms in total. The molecule has 0 aliphatic carbocycles. The maximum absolute atomic E-state index is 11.9. The summed E-state index contributed by atoms with van der Waals surface area (Å²) >= 11 is 0. The van der Waals surface area contributed by atoms with Gasteiger partial charge in [-0.05, 0) is 6.42 Å². The summed E-state index contributed by atoms with van der Waals surface area (Å²) in [6.07, 6.45) is 0.817. The maximum atomic E-state index is 11.9. The number of nitriles is 1. The molecule has 0 aromatic heterocycles. The third kappa shape index (κ3) is 1.88. The number of likely N-dealkylation sites (N-methyl/N-ethyl adjacent to an activating group) is 1. The third-order valence-corrected chi connectivity index (χ3v) is 3.34. The average molecular weight is 235 g/mol. The number of rotatable bonds is 1. The van der Waals surface area contributed by atoms with Crippen LogP contribution in [0.1, 0.15) is 19.3 Å². The molecule has 2 unspecified atom stereocenters. The molecule has 0 radical (unpaired) electrons. The minimum atomic E-state index is -0.566. The number of hydrogen-bond acceptors (Lipinski definition) is 4. The molecule has 0 bridgehead atoms. The summed E-state index contributed by atoms with van der Waals surface area (Å²) in [6, 6.07) is 1.48. The van der Waals surface area contributed by atoms with Crippen LogP contribution in [0.25, 0.3) is 0 Å². The lowest BCUT2D eigenvalue weighted by Crippen LogP contribution is -2.53. The number of amides is 3. The minimum absolute atomic E-state index is 0.169. The Balaban J connectivity index is 2.14. The summed E-state index contributed by atoms with van der Waals surface area (Å²) in [6.45, 7) is 0.299. The molecule has 0 aromatic rings. The fourth-order valence-electron chi connectivity index (χ4n) is 2.31. The van der Waals surface area contributed by atoms with Crippen molar-refractivity contribution in [1.82, 2.24) is 9.80 Å². The number of imide groups is 1. The van der Waals surface area contributed by atoms with Crippen molar-refractivity contribution in [2.24, 2.45) is 5.92 Å². The standard InChI is InChI=1S/C11H13N3O3/c1-13-9(15)3-2-8(11(13)17)14-6-7(5-12)4-10(14)16/h7-8H,2-4,6H2,1H3. The van der Waals surface area contributed by atoms with Crippen molar-refractivity contribution in [3.05, 3.63) is 0 Å². The number of hydrogen-bond donors (Lipinski definition) is 0. The third-order valence-electron chi connectivity index (χ3n) is 3.34. The highest BCUT2D eigenvalue weighted by Gasteiger charge is 2.42. The Hall–Kier alpha value is -1.90. The highest BCUT2D eigenvalue weighted by Crippen LogP contribution is 2.25. The van der Waals surface area contributed by atoms with Crippen LogP contribution in [0.4, 0.5) is 0 Å². The normalized spacial score (nSPS) is 29.8. The second-order valence-corrected chi connectivity index (χ2v) is 4.42. The van der Waals surface area contributed by atoms with Crippen LogP contribution in [0.2, 0.25) is 0 Å². The van der Waals surface area contributed by atoms with E-state index in [1.807, 2.05) is 6.07 Å². The van der Waals surface area contributed by atoms with Gasteiger partial charge in [0, 0.05) is 26.4 Å². The molecule has 3 amide bonds. The molecule has 0 saturated carbocycles. The van der Waals surface area contributed by atoms with E-state index in [4.69, 9.17) is 5.26 Å². The first kappa shape index (κ1) is 11.6. The Bertz CT molecular complexity index is 426. The Labute approximate surface area is 98.8 Å². The number of carbonyl (C=O) groups excluding carboxylic acids is 3. The van der Waals surface area contributed by atoms with Gasteiger partial charge in [-0.1, -0.05) is 0 Å². The van der Waals surface area contributed by atoms with E-state index in [0.717, 1.165) is 4.90 Å². The van der Waals surface area contributed by atoms with Gasteiger partial charge in [0.15, 0.2) is 0 Å². The van der Waals surface area contributed by atoms with Gasteiger partial charge in [-0.2, -0.15) is 5.26 Å². The van der Waals surface area contributed by atoms with Crippen LogP contribution in [-0.4, -0.2) is 47.2 Å². The van der Waals surface area contributed by atoms with Crippen LogP contribution in [0, 0.1) is 17.2 Å². The van der Waals surface area contributed by atoms with Crippen molar-refractivity contribution >= 4 is 17.7 Å². The summed E-state index contributed by atoms with van der Waals surface area (Å²) in [5.74, 6) is -1.06. The zero-order chi connectivity index (χ0) is 12.6. The first-order valence-electron chi connectivity index (χ1n) is 5.54. The van der Waals surface area contributed by atoms with Crippen molar-refractivity contribution in [2.75, 3.05) is 13.6 Å². The molecule has 2 rings (SSSR count). The van der Waals surface area contributed by atoms with Crippen LogP contribution in [0.15, 0.2) is 0 Å². The highest BCUT2D eigenvalue weighted by molar-refractivity contribution is 6.01. The molecule has 6 heteroatoms. The zero-order valence-electron chi connectivity index (χ0n) is 9.55. The zero-order valence-corrected chi connectivity index (χ0v) is 9.55. The Morgan fingerprint density at radius 3 is 2.59 bits per heavy atom. The topological polar surface area (TPSA) is 81.5 Å². The molecule has 0 aromatic carbocycles. The molecule has 17 heavy (non-hydrogen) atoms. The monoisotopic (exact) mass is 235 g/mol. The predicted molar refractivity (Wildman–Crippen MR) is 56.2 cm³/mol. The Morgan fingerprint density at radius 2 is 2.00 bits per heavy atom. The largest absolute Gasteiger partial charge is 0.329 e. The van der Waals surface area contributed by atoms with Gasteiger partial charge < -0.3 is 4.90 Å². The maximum Gasteiger partial charge on any atom is 0.251 e. The number of nitrogens with zero attached hydrogens (tertiary/aromatic N) is 3. The molecule has 2 aliphatic rings. The van der Waals surface area contributed by atoms with Gasteiger partial charge >= 0.3 is 0 Å². The van der Waals surface area contributed by atoms with Crippen LogP contribution < -0.4 is 0 Å². The van der Waals surface area contributed by atoms with E-state index >= 15 is 0 Å². The molecule has 2 saturated heterocycles. The smallest absolute Gasteiger partial charge is 0.251 e. The van der Waals surface area contributed by atoms with Crippen LogP contribution in [0.3, 0.4) is 0 Å². The summed E-state index contributed by atoms with van der Waals surface area (Å²) in [5, 5.41) is 8.78. The second-order valence-electron chi connectivity index (χ2n) is 4.42. The molecule has 2 atom stereocenters. The summed E-state index contributed by atoms with van der Waals surface area (Å²) in [7, 11) is 1.43. The molecule has 90 valence electrons. The van der Waals surface area contributed by atoms with Gasteiger partial charge in [-0.15, -0.1) is 0 Å². The fourth-order valence-corrected chi connectivity index (χ4v) is 2.31. The summed E-state index contributed by atoms with van der Waals surface area (Å²) < 4.78 is 0. The van der Waals surface area contributed by atoms with Crippen molar-refractivity contribution in [1.29, 1.82) is 5.26 Å². The second kappa shape index (κ2) is 4.17. The van der Waals surface area contributed by atoms with E-state index in [2.05, 4.69) is 0 Å². The number of likely N-dealkylation sites (tertiary alicyclic amines) is 2. The highest BCUT2D eigenvalue weighted by atomic mass is 16.2. The summed E-state index contributed by atoms with van der Waals surface area (Å²) in [4.78, 5) is 37.4. The first-order chi connectivity index (χ1) is 8.04. The van der Waals surface area contributed by atoms with Crippen molar-refractivity contribution in [3.63, 3.8) is 0 Å². The molecular weight excluding hydrogens is 222 g/mol. The van der Waals surface area contributed by atoms with Crippen molar-refractivity contribution in [3.8, 4) is 6.07 Å². The Kier molecular flexibility index (Phi) is 2.84. The van der Waals surface area contributed by atoms with E-state index in [9.17, 15) is 14.4 Å². The SMILES string of the molecule is CN1C(=O)CCC(N2CC(C#N)CC2=O)C1=O. The van der Waals surface area contributed by atoms with Gasteiger partial charge in [-0.25, -0.2) is 0 Å². The van der Waals surface area contributed by atoms with Gasteiger partial charge in [0.2, 0.25) is 11.8 Å². The van der Waals surface area contributed by atoms with E-state index in [0.29, 0.717) is 13.0 Å². The van der Waals surface area contributed by atoms with Crippen LogP contribution in [-0.2, 0) is 14.4 Å². The lowest BCUT2D eigenvalue weighted by atomic mass is 10.0. The Morgan fingerprint density at radius 1 is 1.29 bits per heavy atom. The van der Waals surface area contributed by atoms with E-state index in [1.165, 1.54) is 11.9 Å². The number of carbonyl (C=O) groups is 3.